The molecule has 1 unspecified atom stereocenters. The Hall–Kier alpha value is -0.120. The Kier molecular flexibility index (Phi) is 7.20. The molecule has 3 nitrogen and oxygen atoms in total. The van der Waals surface area contributed by atoms with E-state index in [0.717, 1.165) is 19.1 Å². The lowest BCUT2D eigenvalue weighted by Crippen LogP contribution is -2.43. The van der Waals surface area contributed by atoms with Gasteiger partial charge < -0.3 is 15.0 Å². The molecule has 0 bridgehead atoms. The zero-order valence-corrected chi connectivity index (χ0v) is 12.8. The fraction of sp³-hybridized carbons (Fsp3) is 1.00. The summed E-state index contributed by atoms with van der Waals surface area (Å²) in [6.45, 7) is 12.7. The first-order chi connectivity index (χ1) is 8.57. The first-order valence-electron chi connectivity index (χ1n) is 7.52. The van der Waals surface area contributed by atoms with Crippen LogP contribution in [0.25, 0.3) is 0 Å². The lowest BCUT2D eigenvalue weighted by Gasteiger charge is -2.35. The van der Waals surface area contributed by atoms with Gasteiger partial charge in [-0.2, -0.15) is 0 Å². The number of rotatable bonds is 6. The molecule has 1 saturated heterocycles. The lowest BCUT2D eigenvalue weighted by molar-refractivity contribution is 0.109. The lowest BCUT2D eigenvalue weighted by atomic mass is 9.88. The van der Waals surface area contributed by atoms with Gasteiger partial charge in [0, 0.05) is 26.3 Å². The number of nitrogens with one attached hydrogen (secondary N) is 1. The quantitative estimate of drug-likeness (QED) is 0.790. The molecule has 1 rings (SSSR count). The van der Waals surface area contributed by atoms with Gasteiger partial charge in [-0.15, -0.1) is 0 Å². The SMILES string of the molecule is CCC1CCN(CC(C)(C)CCOC)CCCN1. The van der Waals surface area contributed by atoms with Crippen LogP contribution >= 0.6 is 0 Å². The summed E-state index contributed by atoms with van der Waals surface area (Å²) in [6.07, 6.45) is 4.96. The van der Waals surface area contributed by atoms with E-state index < -0.39 is 0 Å². The van der Waals surface area contributed by atoms with E-state index >= 15 is 0 Å². The first kappa shape index (κ1) is 15.9. The second-order valence-electron chi connectivity index (χ2n) is 6.38. The molecule has 0 saturated carbocycles. The molecule has 3 heteroatoms. The summed E-state index contributed by atoms with van der Waals surface area (Å²) >= 11 is 0. The number of hydrogen-bond donors (Lipinski definition) is 1. The molecule has 0 aliphatic carbocycles. The average molecular weight is 256 g/mol. The number of hydrogen-bond acceptors (Lipinski definition) is 3. The largest absolute Gasteiger partial charge is 0.385 e. The van der Waals surface area contributed by atoms with Gasteiger partial charge in [-0.3, -0.25) is 0 Å². The average Bonchev–Trinajstić information content (AvgIpc) is 2.31. The van der Waals surface area contributed by atoms with Crippen LogP contribution in [0.5, 0.6) is 0 Å². The minimum Gasteiger partial charge on any atom is -0.385 e. The van der Waals surface area contributed by atoms with Crippen molar-refractivity contribution in [1.82, 2.24) is 10.2 Å². The van der Waals surface area contributed by atoms with Crippen molar-refractivity contribution in [2.45, 2.75) is 52.5 Å². The summed E-state index contributed by atoms with van der Waals surface area (Å²) in [6, 6.07) is 0.717. The summed E-state index contributed by atoms with van der Waals surface area (Å²) in [5.41, 5.74) is 0.365. The summed E-state index contributed by atoms with van der Waals surface area (Å²) < 4.78 is 5.22. The molecule has 1 heterocycles. The fourth-order valence-corrected chi connectivity index (χ4v) is 2.73. The molecule has 0 aromatic heterocycles. The molecule has 0 aromatic carbocycles. The Bertz CT molecular complexity index is 219. The molecule has 1 aliphatic heterocycles. The van der Waals surface area contributed by atoms with Crippen LogP contribution in [0.1, 0.15) is 46.5 Å². The normalized spacial score (nSPS) is 23.7. The van der Waals surface area contributed by atoms with E-state index in [-0.39, 0.29) is 0 Å². The van der Waals surface area contributed by atoms with Crippen LogP contribution in [0.15, 0.2) is 0 Å². The molecular weight excluding hydrogens is 224 g/mol. The van der Waals surface area contributed by atoms with Gasteiger partial charge in [-0.05, 0) is 50.7 Å². The number of nitrogens with zero attached hydrogens (tertiary/aromatic N) is 1. The number of ether oxygens (including phenoxy) is 1. The summed E-state index contributed by atoms with van der Waals surface area (Å²) in [5, 5.41) is 3.64. The highest BCUT2D eigenvalue weighted by Gasteiger charge is 2.22. The Morgan fingerprint density at radius 3 is 2.78 bits per heavy atom. The van der Waals surface area contributed by atoms with E-state index in [1.54, 1.807) is 7.11 Å². The van der Waals surface area contributed by atoms with Gasteiger partial charge in [0.15, 0.2) is 0 Å². The molecule has 0 radical (unpaired) electrons. The van der Waals surface area contributed by atoms with E-state index in [0.29, 0.717) is 5.41 Å². The summed E-state index contributed by atoms with van der Waals surface area (Å²) in [5.74, 6) is 0. The van der Waals surface area contributed by atoms with Crippen molar-refractivity contribution < 1.29 is 4.74 Å². The van der Waals surface area contributed by atoms with Gasteiger partial charge in [0.25, 0.3) is 0 Å². The van der Waals surface area contributed by atoms with Crippen LogP contribution in [0, 0.1) is 5.41 Å². The molecule has 1 aliphatic rings. The summed E-state index contributed by atoms with van der Waals surface area (Å²) in [4.78, 5) is 2.65. The Morgan fingerprint density at radius 2 is 2.11 bits per heavy atom. The topological polar surface area (TPSA) is 24.5 Å². The van der Waals surface area contributed by atoms with Gasteiger partial charge in [0.2, 0.25) is 0 Å². The van der Waals surface area contributed by atoms with Crippen LogP contribution in [0.3, 0.4) is 0 Å². The van der Waals surface area contributed by atoms with Crippen molar-refractivity contribution in [1.29, 1.82) is 0 Å². The molecule has 108 valence electrons. The molecule has 0 aromatic rings. The van der Waals surface area contributed by atoms with Crippen LogP contribution in [0.4, 0.5) is 0 Å². The van der Waals surface area contributed by atoms with Gasteiger partial charge in [0.1, 0.15) is 0 Å². The van der Waals surface area contributed by atoms with E-state index in [1.807, 2.05) is 0 Å². The molecule has 1 N–H and O–H groups in total. The molecule has 18 heavy (non-hydrogen) atoms. The standard InChI is InChI=1S/C15H32N2O/c1-5-14-7-11-17(10-6-9-16-14)13-15(2,3)8-12-18-4/h14,16H,5-13H2,1-4H3. The van der Waals surface area contributed by atoms with E-state index in [1.165, 1.54) is 45.4 Å². The minimum atomic E-state index is 0.365. The zero-order valence-electron chi connectivity index (χ0n) is 12.8. The predicted molar refractivity (Wildman–Crippen MR) is 78.0 cm³/mol. The van der Waals surface area contributed by atoms with Crippen molar-refractivity contribution in [2.24, 2.45) is 5.41 Å². The second kappa shape index (κ2) is 8.13. The molecule has 0 spiro atoms. The minimum absolute atomic E-state index is 0.365. The number of methoxy groups -OCH3 is 1. The first-order valence-corrected chi connectivity index (χ1v) is 7.52. The third kappa shape index (κ3) is 6.17. The highest BCUT2D eigenvalue weighted by atomic mass is 16.5. The van der Waals surface area contributed by atoms with Crippen molar-refractivity contribution >= 4 is 0 Å². The second-order valence-corrected chi connectivity index (χ2v) is 6.38. The van der Waals surface area contributed by atoms with Crippen LogP contribution < -0.4 is 5.32 Å². The van der Waals surface area contributed by atoms with Crippen molar-refractivity contribution in [3.8, 4) is 0 Å². The highest BCUT2D eigenvalue weighted by Crippen LogP contribution is 2.22. The van der Waals surface area contributed by atoms with Crippen LogP contribution in [-0.2, 0) is 4.74 Å². The third-order valence-corrected chi connectivity index (χ3v) is 4.01. The molecule has 0 amide bonds. The maximum atomic E-state index is 5.22. The Labute approximate surface area is 113 Å². The predicted octanol–water partition coefficient (Wildman–Crippen LogP) is 2.51. The van der Waals surface area contributed by atoms with Gasteiger partial charge in [-0.25, -0.2) is 0 Å². The van der Waals surface area contributed by atoms with Gasteiger partial charge in [0.05, 0.1) is 0 Å². The summed E-state index contributed by atoms with van der Waals surface area (Å²) in [7, 11) is 1.80. The smallest absolute Gasteiger partial charge is 0.0467 e. The maximum absolute atomic E-state index is 5.22. The third-order valence-electron chi connectivity index (χ3n) is 4.01. The van der Waals surface area contributed by atoms with Crippen molar-refractivity contribution in [3.63, 3.8) is 0 Å². The van der Waals surface area contributed by atoms with E-state index in [9.17, 15) is 0 Å². The van der Waals surface area contributed by atoms with Gasteiger partial charge in [-0.1, -0.05) is 20.8 Å². The van der Waals surface area contributed by atoms with E-state index in [2.05, 4.69) is 31.0 Å². The monoisotopic (exact) mass is 256 g/mol. The highest BCUT2D eigenvalue weighted by molar-refractivity contribution is 4.78. The maximum Gasteiger partial charge on any atom is 0.0467 e. The van der Waals surface area contributed by atoms with Crippen LogP contribution in [0.2, 0.25) is 0 Å². The molecule has 1 atom stereocenters. The molecule has 1 fully saturated rings. The van der Waals surface area contributed by atoms with Crippen molar-refractivity contribution in [3.05, 3.63) is 0 Å². The Morgan fingerprint density at radius 1 is 1.33 bits per heavy atom. The van der Waals surface area contributed by atoms with Gasteiger partial charge >= 0.3 is 0 Å². The Balaban J connectivity index is 2.39. The molecular formula is C15H32N2O. The zero-order chi connectivity index (χ0) is 13.4. The fourth-order valence-electron chi connectivity index (χ4n) is 2.73. The van der Waals surface area contributed by atoms with Crippen LogP contribution in [-0.4, -0.2) is 50.8 Å². The van der Waals surface area contributed by atoms with E-state index in [4.69, 9.17) is 4.74 Å². The van der Waals surface area contributed by atoms with Crippen molar-refractivity contribution in [2.75, 3.05) is 39.9 Å².